The van der Waals surface area contributed by atoms with E-state index >= 15 is 0 Å². The molecule has 0 saturated carbocycles. The van der Waals surface area contributed by atoms with Gasteiger partial charge in [-0.1, -0.05) is 71.9 Å². The summed E-state index contributed by atoms with van der Waals surface area (Å²) >= 11 is 8.17. The van der Waals surface area contributed by atoms with Gasteiger partial charge in [0, 0.05) is 27.7 Å². The van der Waals surface area contributed by atoms with E-state index in [4.69, 9.17) is 26.4 Å². The van der Waals surface area contributed by atoms with Crippen LogP contribution in [0.5, 0.6) is 5.75 Å². The summed E-state index contributed by atoms with van der Waals surface area (Å²) in [6.07, 6.45) is 0. The van der Waals surface area contributed by atoms with Crippen LogP contribution in [-0.2, 0) is 10.5 Å². The van der Waals surface area contributed by atoms with Gasteiger partial charge in [-0.3, -0.25) is 4.79 Å². The van der Waals surface area contributed by atoms with Crippen molar-refractivity contribution in [2.45, 2.75) is 23.9 Å². The highest BCUT2D eigenvalue weighted by atomic mass is 35.5. The van der Waals surface area contributed by atoms with Gasteiger partial charge in [0.05, 0.1) is 12.7 Å². The van der Waals surface area contributed by atoms with Crippen LogP contribution in [0, 0.1) is 0 Å². The molecule has 1 aliphatic rings. The molecule has 0 fully saturated rings. The molecule has 2 N–H and O–H groups in total. The maximum absolute atomic E-state index is 13.6. The number of anilines is 2. The molecule has 0 bridgehead atoms. The van der Waals surface area contributed by atoms with E-state index in [1.807, 2.05) is 49.4 Å². The number of thioether (sulfide) groups is 1. The Morgan fingerprint density at radius 3 is 2.53 bits per heavy atom. The summed E-state index contributed by atoms with van der Waals surface area (Å²) in [5, 5.41) is 12.2. The predicted octanol–water partition coefficient (Wildman–Crippen LogP) is 6.16. The Bertz CT molecular complexity index is 1420. The van der Waals surface area contributed by atoms with Crippen molar-refractivity contribution in [3.63, 3.8) is 0 Å². The fourth-order valence-corrected chi connectivity index (χ4v) is 5.09. The second-order valence-corrected chi connectivity index (χ2v) is 9.56. The number of rotatable bonds is 7. The Kier molecular flexibility index (Phi) is 6.97. The summed E-state index contributed by atoms with van der Waals surface area (Å²) < 4.78 is 6.96. The lowest BCUT2D eigenvalue weighted by atomic mass is 9.95. The number of methoxy groups -OCH3 is 1. The number of carbonyl (C=O) groups excluding carboxylic acids is 1. The van der Waals surface area contributed by atoms with Crippen LogP contribution in [0.2, 0.25) is 5.02 Å². The third-order valence-electron chi connectivity index (χ3n) is 5.84. The number of hydrogen-bond donors (Lipinski definition) is 2. The molecule has 0 spiro atoms. The van der Waals surface area contributed by atoms with Crippen molar-refractivity contribution in [3.05, 3.63) is 106 Å². The summed E-state index contributed by atoms with van der Waals surface area (Å²) in [6, 6.07) is 24.3. The Balaban J connectivity index is 1.49. The largest absolute Gasteiger partial charge is 0.497 e. The minimum absolute atomic E-state index is 0.255. The Morgan fingerprint density at radius 2 is 1.81 bits per heavy atom. The number of hydrogen-bond acceptors (Lipinski definition) is 6. The van der Waals surface area contributed by atoms with Gasteiger partial charge in [-0.15, -0.1) is 5.10 Å². The number of aromatic nitrogens is 3. The first kappa shape index (κ1) is 24.0. The topological polar surface area (TPSA) is 81.1 Å². The van der Waals surface area contributed by atoms with Gasteiger partial charge in [0.15, 0.2) is 0 Å². The van der Waals surface area contributed by atoms with Crippen LogP contribution in [0.15, 0.2) is 95.3 Å². The zero-order valence-electron chi connectivity index (χ0n) is 19.7. The first-order valence-electron chi connectivity index (χ1n) is 11.3. The fraction of sp³-hybridized carbons (Fsp3) is 0.148. The van der Waals surface area contributed by atoms with E-state index in [0.717, 1.165) is 11.3 Å². The summed E-state index contributed by atoms with van der Waals surface area (Å²) in [7, 11) is 1.60. The van der Waals surface area contributed by atoms with Gasteiger partial charge >= 0.3 is 0 Å². The summed E-state index contributed by atoms with van der Waals surface area (Å²) in [4.78, 5) is 18.3. The lowest BCUT2D eigenvalue weighted by Gasteiger charge is -2.29. The van der Waals surface area contributed by atoms with Crippen molar-refractivity contribution >= 4 is 40.9 Å². The third-order valence-corrected chi connectivity index (χ3v) is 7.09. The monoisotopic (exact) mass is 517 g/mol. The molecular weight excluding hydrogens is 494 g/mol. The molecule has 0 unspecified atom stereocenters. The van der Waals surface area contributed by atoms with Crippen molar-refractivity contribution in [1.82, 2.24) is 14.8 Å². The van der Waals surface area contributed by atoms with Crippen LogP contribution < -0.4 is 15.4 Å². The zero-order valence-corrected chi connectivity index (χ0v) is 21.3. The molecule has 1 amide bonds. The summed E-state index contributed by atoms with van der Waals surface area (Å²) in [5.74, 6) is 1.76. The number of ether oxygens (including phenoxy) is 1. The molecule has 0 aliphatic carbocycles. The van der Waals surface area contributed by atoms with Crippen LogP contribution in [0.3, 0.4) is 0 Å². The smallest absolute Gasteiger partial charge is 0.255 e. The highest BCUT2D eigenvalue weighted by Crippen LogP contribution is 2.39. The highest BCUT2D eigenvalue weighted by Gasteiger charge is 2.35. The van der Waals surface area contributed by atoms with Crippen LogP contribution in [-0.4, -0.2) is 27.8 Å². The number of carbonyl (C=O) groups is 1. The van der Waals surface area contributed by atoms with Crippen molar-refractivity contribution in [2.75, 3.05) is 17.7 Å². The molecule has 182 valence electrons. The molecule has 0 saturated heterocycles. The third kappa shape index (κ3) is 4.96. The standard InChI is InChI=1S/C27H24ClN5O2S/c1-17-23(25(34)30-19-12-14-20(35-2)15-13-19)24(21-10-6-7-11-22(21)28)33-26(29-17)31-27(32-33)36-16-18-8-4-3-5-9-18/h3-15,24H,16H2,1-2H3,(H,30,34)(H,29,31,32)/t24-/m1/s1. The van der Waals surface area contributed by atoms with Crippen molar-refractivity contribution in [1.29, 1.82) is 0 Å². The number of benzene rings is 3. The minimum Gasteiger partial charge on any atom is -0.497 e. The lowest BCUT2D eigenvalue weighted by Crippen LogP contribution is -2.31. The molecule has 1 aliphatic heterocycles. The molecular formula is C27H24ClN5O2S. The average molecular weight is 518 g/mol. The van der Waals surface area contributed by atoms with Crippen LogP contribution in [0.25, 0.3) is 0 Å². The number of amides is 1. The molecule has 9 heteroatoms. The van der Waals surface area contributed by atoms with Gasteiger partial charge in [0.2, 0.25) is 11.1 Å². The first-order valence-corrected chi connectivity index (χ1v) is 12.7. The second kappa shape index (κ2) is 10.5. The van der Waals surface area contributed by atoms with Gasteiger partial charge in [0.1, 0.15) is 11.8 Å². The van der Waals surface area contributed by atoms with Crippen LogP contribution in [0.1, 0.15) is 24.1 Å². The normalized spacial score (nSPS) is 14.7. The molecule has 5 rings (SSSR count). The Hall–Kier alpha value is -3.75. The summed E-state index contributed by atoms with van der Waals surface area (Å²) in [5.41, 5.74) is 3.80. The van der Waals surface area contributed by atoms with E-state index in [9.17, 15) is 4.79 Å². The van der Waals surface area contributed by atoms with Crippen LogP contribution >= 0.6 is 23.4 Å². The van der Waals surface area contributed by atoms with E-state index in [-0.39, 0.29) is 5.91 Å². The Morgan fingerprint density at radius 1 is 1.08 bits per heavy atom. The van der Waals surface area contributed by atoms with Crippen molar-refractivity contribution < 1.29 is 9.53 Å². The summed E-state index contributed by atoms with van der Waals surface area (Å²) in [6.45, 7) is 1.86. The molecule has 7 nitrogen and oxygen atoms in total. The number of fused-ring (bicyclic) bond motifs is 1. The molecule has 36 heavy (non-hydrogen) atoms. The molecule has 4 aromatic rings. The van der Waals surface area contributed by atoms with Gasteiger partial charge in [-0.05, 0) is 42.8 Å². The SMILES string of the molecule is COc1ccc(NC(=O)C2=C(C)Nc3nc(SCc4ccccc4)nn3[C@@H]2c2ccccc2Cl)cc1. The number of allylic oxidation sites excluding steroid dienone is 1. The fourth-order valence-electron chi connectivity index (χ4n) is 4.07. The lowest BCUT2D eigenvalue weighted by molar-refractivity contribution is -0.113. The maximum atomic E-state index is 13.6. The molecule has 1 atom stereocenters. The van der Waals surface area contributed by atoms with Gasteiger partial charge in [-0.2, -0.15) is 4.98 Å². The molecule has 1 aromatic heterocycles. The van der Waals surface area contributed by atoms with Gasteiger partial charge in [0.25, 0.3) is 5.91 Å². The van der Waals surface area contributed by atoms with Gasteiger partial charge < -0.3 is 15.4 Å². The highest BCUT2D eigenvalue weighted by molar-refractivity contribution is 7.98. The molecule has 3 aromatic carbocycles. The minimum atomic E-state index is -0.549. The number of halogens is 1. The van der Waals surface area contributed by atoms with Gasteiger partial charge in [-0.25, -0.2) is 4.68 Å². The van der Waals surface area contributed by atoms with Crippen molar-refractivity contribution in [2.24, 2.45) is 0 Å². The zero-order chi connectivity index (χ0) is 25.1. The number of nitrogens with one attached hydrogen (secondary N) is 2. The number of nitrogens with zero attached hydrogens (tertiary/aromatic N) is 3. The quantitative estimate of drug-likeness (QED) is 0.286. The van der Waals surface area contributed by atoms with E-state index in [1.165, 1.54) is 17.3 Å². The molecule has 0 radical (unpaired) electrons. The molecule has 2 heterocycles. The van der Waals surface area contributed by atoms with E-state index in [1.54, 1.807) is 36.1 Å². The maximum Gasteiger partial charge on any atom is 0.255 e. The van der Waals surface area contributed by atoms with E-state index in [0.29, 0.717) is 38.8 Å². The predicted molar refractivity (Wildman–Crippen MR) is 144 cm³/mol. The van der Waals surface area contributed by atoms with Crippen molar-refractivity contribution in [3.8, 4) is 5.75 Å². The Labute approximate surface area is 218 Å². The van der Waals surface area contributed by atoms with Crippen LogP contribution in [0.4, 0.5) is 11.6 Å². The van der Waals surface area contributed by atoms with E-state index in [2.05, 4.69) is 22.8 Å². The van der Waals surface area contributed by atoms with E-state index < -0.39 is 6.04 Å². The second-order valence-electron chi connectivity index (χ2n) is 8.21. The average Bonchev–Trinajstić information content (AvgIpc) is 3.30. The first-order chi connectivity index (χ1) is 17.5.